The first-order valence-electron chi connectivity index (χ1n) is 7.38. The predicted octanol–water partition coefficient (Wildman–Crippen LogP) is 4.50. The van der Waals surface area contributed by atoms with Crippen LogP contribution in [0.3, 0.4) is 0 Å². The van der Waals surface area contributed by atoms with Gasteiger partial charge in [0, 0.05) is 5.56 Å². The highest BCUT2D eigenvalue weighted by Crippen LogP contribution is 2.30. The van der Waals surface area contributed by atoms with Gasteiger partial charge in [-0.05, 0) is 36.5 Å². The van der Waals surface area contributed by atoms with Crippen LogP contribution < -0.4 is 4.74 Å². The molecule has 0 aliphatic carbocycles. The van der Waals surface area contributed by atoms with Gasteiger partial charge in [0.15, 0.2) is 0 Å². The Bertz CT molecular complexity index is 613. The molecule has 0 radical (unpaired) electrons. The maximum atomic E-state index is 9.54. The number of aryl methyl sites for hydroxylation is 2. The second kappa shape index (κ2) is 7.50. The maximum absolute atomic E-state index is 9.54. The fraction of sp³-hybridized carbons (Fsp3) is 0.316. The third-order valence-electron chi connectivity index (χ3n) is 3.80. The summed E-state index contributed by atoms with van der Waals surface area (Å²) in [7, 11) is 1.66. The van der Waals surface area contributed by atoms with Crippen molar-refractivity contribution in [3.05, 3.63) is 65.2 Å². The summed E-state index contributed by atoms with van der Waals surface area (Å²) >= 11 is 0. The molecule has 108 valence electrons. The van der Waals surface area contributed by atoms with Crippen molar-refractivity contribution in [3.63, 3.8) is 0 Å². The maximum Gasteiger partial charge on any atom is 0.123 e. The molecule has 2 aromatic carbocycles. The van der Waals surface area contributed by atoms with Crippen molar-refractivity contribution < 1.29 is 4.74 Å². The lowest BCUT2D eigenvalue weighted by Gasteiger charge is -2.15. The standard InChI is InChI=1S/C19H21NO/c1-3-15-10-12-19(21-2)18(13-15)17(14-20)11-9-16-7-5-4-6-8-16/h4-8,10,12-13,17H,3,9,11H2,1-2H3. The van der Waals surface area contributed by atoms with E-state index in [2.05, 4.69) is 37.3 Å². The Hall–Kier alpha value is -2.27. The van der Waals surface area contributed by atoms with Crippen LogP contribution in [0.4, 0.5) is 0 Å². The summed E-state index contributed by atoms with van der Waals surface area (Å²) in [5.74, 6) is 0.679. The van der Waals surface area contributed by atoms with E-state index in [0.29, 0.717) is 0 Å². The second-order valence-corrected chi connectivity index (χ2v) is 5.14. The third-order valence-corrected chi connectivity index (χ3v) is 3.80. The molecule has 0 saturated carbocycles. The number of hydrogen-bond donors (Lipinski definition) is 0. The molecule has 0 aliphatic rings. The largest absolute Gasteiger partial charge is 0.496 e. The van der Waals surface area contributed by atoms with E-state index < -0.39 is 0 Å². The van der Waals surface area contributed by atoms with E-state index >= 15 is 0 Å². The lowest BCUT2D eigenvalue weighted by molar-refractivity contribution is 0.407. The Morgan fingerprint density at radius 3 is 2.48 bits per heavy atom. The van der Waals surface area contributed by atoms with E-state index in [0.717, 1.165) is 30.6 Å². The van der Waals surface area contributed by atoms with Crippen LogP contribution >= 0.6 is 0 Å². The summed E-state index contributed by atoms with van der Waals surface area (Å²) in [6.07, 6.45) is 2.68. The van der Waals surface area contributed by atoms with Gasteiger partial charge >= 0.3 is 0 Å². The quantitative estimate of drug-likeness (QED) is 0.780. The topological polar surface area (TPSA) is 33.0 Å². The van der Waals surface area contributed by atoms with Crippen LogP contribution in [-0.4, -0.2) is 7.11 Å². The first-order valence-corrected chi connectivity index (χ1v) is 7.38. The molecule has 0 N–H and O–H groups in total. The fourth-order valence-electron chi connectivity index (χ4n) is 2.52. The Morgan fingerprint density at radius 2 is 1.86 bits per heavy atom. The Labute approximate surface area is 127 Å². The summed E-state index contributed by atoms with van der Waals surface area (Å²) in [4.78, 5) is 0. The molecule has 1 atom stereocenters. The number of rotatable bonds is 6. The average molecular weight is 279 g/mol. The molecule has 0 aliphatic heterocycles. The van der Waals surface area contributed by atoms with E-state index in [-0.39, 0.29) is 5.92 Å². The first-order chi connectivity index (χ1) is 10.3. The number of hydrogen-bond acceptors (Lipinski definition) is 2. The van der Waals surface area contributed by atoms with Gasteiger partial charge in [-0.2, -0.15) is 5.26 Å². The number of methoxy groups -OCH3 is 1. The Morgan fingerprint density at radius 1 is 1.10 bits per heavy atom. The number of benzene rings is 2. The first kappa shape index (κ1) is 15.1. The molecule has 0 fully saturated rings. The minimum atomic E-state index is -0.133. The molecular formula is C19H21NO. The number of nitrogens with zero attached hydrogens (tertiary/aromatic N) is 1. The fourth-order valence-corrected chi connectivity index (χ4v) is 2.52. The van der Waals surface area contributed by atoms with E-state index in [4.69, 9.17) is 4.74 Å². The third kappa shape index (κ3) is 3.86. The molecule has 0 spiro atoms. The van der Waals surface area contributed by atoms with E-state index in [1.807, 2.05) is 24.3 Å². The van der Waals surface area contributed by atoms with Gasteiger partial charge in [-0.1, -0.05) is 49.4 Å². The molecule has 0 saturated heterocycles. The molecule has 2 aromatic rings. The van der Waals surface area contributed by atoms with Crippen LogP contribution in [-0.2, 0) is 12.8 Å². The van der Waals surface area contributed by atoms with Crippen LogP contribution in [0.2, 0.25) is 0 Å². The highest BCUT2D eigenvalue weighted by atomic mass is 16.5. The summed E-state index contributed by atoms with van der Waals surface area (Å²) in [6, 6.07) is 18.9. The zero-order chi connectivity index (χ0) is 15.1. The van der Waals surface area contributed by atoms with Gasteiger partial charge < -0.3 is 4.74 Å². The van der Waals surface area contributed by atoms with Crippen molar-refractivity contribution >= 4 is 0 Å². The van der Waals surface area contributed by atoms with Gasteiger partial charge in [0.1, 0.15) is 5.75 Å². The SMILES string of the molecule is CCc1ccc(OC)c(C(C#N)CCc2ccccc2)c1. The molecule has 0 heterocycles. The lowest BCUT2D eigenvalue weighted by atomic mass is 9.91. The van der Waals surface area contributed by atoms with Gasteiger partial charge in [0.25, 0.3) is 0 Å². The van der Waals surface area contributed by atoms with Crippen molar-refractivity contribution in [3.8, 4) is 11.8 Å². The van der Waals surface area contributed by atoms with Gasteiger partial charge in [0.05, 0.1) is 19.1 Å². The van der Waals surface area contributed by atoms with Crippen molar-refractivity contribution in [2.45, 2.75) is 32.1 Å². The van der Waals surface area contributed by atoms with Gasteiger partial charge in [0.2, 0.25) is 0 Å². The van der Waals surface area contributed by atoms with Gasteiger partial charge in [-0.3, -0.25) is 0 Å². The van der Waals surface area contributed by atoms with E-state index in [9.17, 15) is 5.26 Å². The highest BCUT2D eigenvalue weighted by molar-refractivity contribution is 5.42. The van der Waals surface area contributed by atoms with Crippen molar-refractivity contribution in [2.75, 3.05) is 7.11 Å². The Kier molecular flexibility index (Phi) is 5.40. The molecule has 0 bridgehead atoms. The lowest BCUT2D eigenvalue weighted by Crippen LogP contribution is -2.02. The second-order valence-electron chi connectivity index (χ2n) is 5.14. The predicted molar refractivity (Wildman–Crippen MR) is 85.5 cm³/mol. The summed E-state index contributed by atoms with van der Waals surface area (Å²) in [5, 5.41) is 9.54. The minimum absolute atomic E-state index is 0.133. The van der Waals surface area contributed by atoms with Crippen LogP contribution in [0.25, 0.3) is 0 Å². The molecule has 2 nitrogen and oxygen atoms in total. The zero-order valence-corrected chi connectivity index (χ0v) is 12.7. The molecule has 0 aromatic heterocycles. The molecule has 21 heavy (non-hydrogen) atoms. The number of nitriles is 1. The van der Waals surface area contributed by atoms with Crippen LogP contribution in [0.15, 0.2) is 48.5 Å². The van der Waals surface area contributed by atoms with Crippen molar-refractivity contribution in [1.29, 1.82) is 5.26 Å². The normalized spacial score (nSPS) is 11.7. The monoisotopic (exact) mass is 279 g/mol. The molecule has 0 amide bonds. The average Bonchev–Trinajstić information content (AvgIpc) is 2.56. The van der Waals surface area contributed by atoms with Crippen molar-refractivity contribution in [1.82, 2.24) is 0 Å². The molecular weight excluding hydrogens is 258 g/mol. The molecule has 2 rings (SSSR count). The molecule has 1 unspecified atom stereocenters. The van der Waals surface area contributed by atoms with Crippen LogP contribution in [0, 0.1) is 11.3 Å². The minimum Gasteiger partial charge on any atom is -0.496 e. The summed E-state index contributed by atoms with van der Waals surface area (Å²) < 4.78 is 5.43. The van der Waals surface area contributed by atoms with Crippen LogP contribution in [0.5, 0.6) is 5.75 Å². The summed E-state index contributed by atoms with van der Waals surface area (Å²) in [5.41, 5.74) is 3.52. The van der Waals surface area contributed by atoms with Crippen LogP contribution in [0.1, 0.15) is 36.0 Å². The van der Waals surface area contributed by atoms with Gasteiger partial charge in [-0.15, -0.1) is 0 Å². The van der Waals surface area contributed by atoms with Crippen molar-refractivity contribution in [2.24, 2.45) is 0 Å². The highest BCUT2D eigenvalue weighted by Gasteiger charge is 2.16. The number of ether oxygens (including phenoxy) is 1. The van der Waals surface area contributed by atoms with E-state index in [1.165, 1.54) is 11.1 Å². The van der Waals surface area contributed by atoms with Gasteiger partial charge in [-0.25, -0.2) is 0 Å². The summed E-state index contributed by atoms with van der Waals surface area (Å²) in [6.45, 7) is 2.12. The van der Waals surface area contributed by atoms with E-state index in [1.54, 1.807) is 7.11 Å². The zero-order valence-electron chi connectivity index (χ0n) is 12.7. The Balaban J connectivity index is 2.19. The molecule has 2 heteroatoms. The smallest absolute Gasteiger partial charge is 0.123 e.